The molecule has 1 saturated heterocycles. The number of aliphatic carboxylic acids is 1. The molecule has 1 amide bonds. The Morgan fingerprint density at radius 1 is 1.38 bits per heavy atom. The first-order valence-corrected chi connectivity index (χ1v) is 6.89. The molecule has 1 aromatic carbocycles. The van der Waals surface area contributed by atoms with Crippen LogP contribution in [0, 0.1) is 0 Å². The van der Waals surface area contributed by atoms with E-state index < -0.39 is 12.0 Å². The van der Waals surface area contributed by atoms with E-state index in [-0.39, 0.29) is 5.91 Å². The minimum atomic E-state index is -0.951. The van der Waals surface area contributed by atoms with Crippen molar-refractivity contribution in [1.82, 2.24) is 4.90 Å². The van der Waals surface area contributed by atoms with Gasteiger partial charge in [0.2, 0.25) is 0 Å². The molecule has 0 unspecified atom stereocenters. The van der Waals surface area contributed by atoms with Crippen molar-refractivity contribution >= 4 is 11.9 Å². The molecule has 0 aliphatic carbocycles. The lowest BCUT2D eigenvalue weighted by molar-refractivity contribution is -0.141. The summed E-state index contributed by atoms with van der Waals surface area (Å²) in [4.78, 5) is 25.0. The number of nitrogens with zero attached hydrogens (tertiary/aromatic N) is 1. The number of rotatable bonds is 6. The van der Waals surface area contributed by atoms with Crippen molar-refractivity contribution in [2.24, 2.45) is 0 Å². The maximum absolute atomic E-state index is 12.4. The van der Waals surface area contributed by atoms with E-state index in [1.165, 1.54) is 4.90 Å². The molecule has 1 heterocycles. The van der Waals surface area contributed by atoms with Gasteiger partial charge in [-0.05, 0) is 31.0 Å². The molecule has 2 rings (SSSR count). The van der Waals surface area contributed by atoms with Gasteiger partial charge in [-0.15, -0.1) is 0 Å². The van der Waals surface area contributed by atoms with Crippen molar-refractivity contribution < 1.29 is 24.2 Å². The van der Waals surface area contributed by atoms with Crippen molar-refractivity contribution in [1.29, 1.82) is 0 Å². The van der Waals surface area contributed by atoms with Crippen molar-refractivity contribution in [2.75, 3.05) is 26.9 Å². The molecule has 1 N–H and O–H groups in total. The quantitative estimate of drug-likeness (QED) is 0.802. The molecule has 0 bridgehead atoms. The van der Waals surface area contributed by atoms with Crippen LogP contribution in [0.15, 0.2) is 24.3 Å². The van der Waals surface area contributed by atoms with E-state index in [4.69, 9.17) is 14.6 Å². The Morgan fingerprint density at radius 3 is 2.90 bits per heavy atom. The van der Waals surface area contributed by atoms with Crippen molar-refractivity contribution in [3.63, 3.8) is 0 Å². The van der Waals surface area contributed by atoms with E-state index >= 15 is 0 Å². The number of carboxylic acid groups (broad SMARTS) is 1. The highest BCUT2D eigenvalue weighted by Gasteiger charge is 2.34. The summed E-state index contributed by atoms with van der Waals surface area (Å²) in [5, 5.41) is 9.14. The first-order chi connectivity index (χ1) is 10.1. The van der Waals surface area contributed by atoms with Gasteiger partial charge in [0.15, 0.2) is 0 Å². The summed E-state index contributed by atoms with van der Waals surface area (Å²) >= 11 is 0. The number of ether oxygens (including phenoxy) is 2. The van der Waals surface area contributed by atoms with E-state index in [1.807, 2.05) is 0 Å². The zero-order valence-corrected chi connectivity index (χ0v) is 11.9. The molecule has 0 spiro atoms. The van der Waals surface area contributed by atoms with Crippen molar-refractivity contribution in [3.8, 4) is 5.75 Å². The summed E-state index contributed by atoms with van der Waals surface area (Å²) < 4.78 is 10.4. The lowest BCUT2D eigenvalue weighted by atomic mass is 10.1. The number of benzene rings is 1. The Morgan fingerprint density at radius 2 is 2.19 bits per heavy atom. The van der Waals surface area contributed by atoms with Crippen LogP contribution in [-0.2, 0) is 9.53 Å². The second-order valence-corrected chi connectivity index (χ2v) is 4.86. The van der Waals surface area contributed by atoms with Gasteiger partial charge in [0.05, 0.1) is 6.61 Å². The van der Waals surface area contributed by atoms with Crippen LogP contribution in [0.3, 0.4) is 0 Å². The Balaban J connectivity index is 2.08. The van der Waals surface area contributed by atoms with Gasteiger partial charge >= 0.3 is 5.97 Å². The Bertz CT molecular complexity index is 517. The van der Waals surface area contributed by atoms with E-state index in [0.717, 1.165) is 0 Å². The SMILES string of the molecule is COCCOc1cccc(C(=O)N2CCC[C@H]2C(=O)O)c1. The topological polar surface area (TPSA) is 76.1 Å². The molecule has 21 heavy (non-hydrogen) atoms. The smallest absolute Gasteiger partial charge is 0.326 e. The lowest BCUT2D eigenvalue weighted by Crippen LogP contribution is -2.40. The summed E-state index contributed by atoms with van der Waals surface area (Å²) in [6, 6.07) is 6.06. The number of carbonyl (C=O) groups excluding carboxylic acids is 1. The maximum Gasteiger partial charge on any atom is 0.326 e. The Labute approximate surface area is 123 Å². The van der Waals surface area contributed by atoms with Gasteiger partial charge in [-0.25, -0.2) is 4.79 Å². The minimum Gasteiger partial charge on any atom is -0.491 e. The molecule has 1 aromatic rings. The third-order valence-electron chi connectivity index (χ3n) is 3.44. The van der Waals surface area contributed by atoms with Crippen LogP contribution in [0.5, 0.6) is 5.75 Å². The van der Waals surface area contributed by atoms with E-state index in [2.05, 4.69) is 0 Å². The highest BCUT2D eigenvalue weighted by atomic mass is 16.5. The molecule has 6 heteroatoms. The highest BCUT2D eigenvalue weighted by molar-refractivity contribution is 5.97. The summed E-state index contributed by atoms with van der Waals surface area (Å²) in [5.74, 6) is -0.644. The van der Waals surface area contributed by atoms with Crippen LogP contribution in [0.25, 0.3) is 0 Å². The minimum absolute atomic E-state index is 0.267. The van der Waals surface area contributed by atoms with Crippen molar-refractivity contribution in [3.05, 3.63) is 29.8 Å². The second kappa shape index (κ2) is 7.08. The molecule has 1 aliphatic rings. The maximum atomic E-state index is 12.4. The summed E-state index contributed by atoms with van der Waals surface area (Å²) in [7, 11) is 1.59. The Kier molecular flexibility index (Phi) is 5.16. The molecule has 0 radical (unpaired) electrons. The third-order valence-corrected chi connectivity index (χ3v) is 3.44. The molecule has 1 aliphatic heterocycles. The fourth-order valence-electron chi connectivity index (χ4n) is 2.39. The number of methoxy groups -OCH3 is 1. The molecule has 1 atom stereocenters. The van der Waals surface area contributed by atoms with Crippen LogP contribution in [0.1, 0.15) is 23.2 Å². The number of hydrogen-bond donors (Lipinski definition) is 1. The van der Waals surface area contributed by atoms with Crippen LogP contribution < -0.4 is 4.74 Å². The molecule has 0 saturated carbocycles. The van der Waals surface area contributed by atoms with Crippen LogP contribution in [0.2, 0.25) is 0 Å². The summed E-state index contributed by atoms with van der Waals surface area (Å²) in [6.45, 7) is 1.34. The molecule has 6 nitrogen and oxygen atoms in total. The molecular formula is C15H19NO5. The van der Waals surface area contributed by atoms with Crippen LogP contribution >= 0.6 is 0 Å². The monoisotopic (exact) mass is 293 g/mol. The van der Waals surface area contributed by atoms with Crippen LogP contribution in [0.4, 0.5) is 0 Å². The number of likely N-dealkylation sites (tertiary alicyclic amines) is 1. The van der Waals surface area contributed by atoms with Gasteiger partial charge in [-0.3, -0.25) is 4.79 Å². The first kappa shape index (κ1) is 15.3. The van der Waals surface area contributed by atoms with Gasteiger partial charge < -0.3 is 19.5 Å². The van der Waals surface area contributed by atoms with E-state index in [9.17, 15) is 9.59 Å². The van der Waals surface area contributed by atoms with Crippen molar-refractivity contribution in [2.45, 2.75) is 18.9 Å². The second-order valence-electron chi connectivity index (χ2n) is 4.86. The molecule has 1 fully saturated rings. The molecular weight excluding hydrogens is 274 g/mol. The van der Waals surface area contributed by atoms with Gasteiger partial charge in [-0.1, -0.05) is 6.07 Å². The third kappa shape index (κ3) is 3.72. The zero-order valence-electron chi connectivity index (χ0n) is 11.9. The molecule has 0 aromatic heterocycles. The number of hydrogen-bond acceptors (Lipinski definition) is 4. The van der Waals surface area contributed by atoms with Gasteiger partial charge in [-0.2, -0.15) is 0 Å². The van der Waals surface area contributed by atoms with E-state index in [0.29, 0.717) is 43.9 Å². The van der Waals surface area contributed by atoms with Crippen LogP contribution in [-0.4, -0.2) is 54.8 Å². The predicted octanol–water partition coefficient (Wildman–Crippen LogP) is 1.40. The first-order valence-electron chi connectivity index (χ1n) is 6.89. The number of carboxylic acids is 1. The normalized spacial score (nSPS) is 17.8. The standard InChI is InChI=1S/C15H19NO5/c1-20-8-9-21-12-5-2-4-11(10-12)14(17)16-7-3-6-13(16)15(18)19/h2,4-5,10,13H,3,6-9H2,1H3,(H,18,19)/t13-/m0/s1. The number of amides is 1. The predicted molar refractivity (Wildman–Crippen MR) is 75.5 cm³/mol. The number of carbonyl (C=O) groups is 2. The summed E-state index contributed by atoms with van der Waals surface area (Å²) in [5.41, 5.74) is 0.443. The lowest BCUT2D eigenvalue weighted by Gasteiger charge is -2.21. The average Bonchev–Trinajstić information content (AvgIpc) is 2.97. The van der Waals surface area contributed by atoms with Gasteiger partial charge in [0.25, 0.3) is 5.91 Å². The largest absolute Gasteiger partial charge is 0.491 e. The van der Waals surface area contributed by atoms with Gasteiger partial charge in [0.1, 0.15) is 18.4 Å². The highest BCUT2D eigenvalue weighted by Crippen LogP contribution is 2.22. The average molecular weight is 293 g/mol. The summed E-state index contributed by atoms with van der Waals surface area (Å²) in [6.07, 6.45) is 1.22. The zero-order chi connectivity index (χ0) is 15.2. The van der Waals surface area contributed by atoms with E-state index in [1.54, 1.807) is 31.4 Å². The Hall–Kier alpha value is -2.08. The molecule has 114 valence electrons. The van der Waals surface area contributed by atoms with Gasteiger partial charge in [0, 0.05) is 19.2 Å². The fraction of sp³-hybridized carbons (Fsp3) is 0.467. The fourth-order valence-corrected chi connectivity index (χ4v) is 2.39.